The summed E-state index contributed by atoms with van der Waals surface area (Å²) in [5.41, 5.74) is 1.18. The monoisotopic (exact) mass is 271 g/mol. The van der Waals surface area contributed by atoms with Gasteiger partial charge in [0.1, 0.15) is 5.78 Å². The Morgan fingerprint density at radius 3 is 2.60 bits per heavy atom. The molecule has 1 aliphatic carbocycles. The maximum absolute atomic E-state index is 12.4. The number of piperidine rings is 1. The largest absolute Gasteiger partial charge is 0.333 e. The lowest BCUT2D eigenvalue weighted by Crippen LogP contribution is -2.51. The van der Waals surface area contributed by atoms with Crippen LogP contribution < -0.4 is 0 Å². The maximum atomic E-state index is 12.4. The second-order valence-corrected chi connectivity index (χ2v) is 6.04. The Bertz CT molecular complexity index is 511. The number of fused-ring (bicyclic) bond motifs is 1. The fourth-order valence-corrected chi connectivity index (χ4v) is 3.75. The van der Waals surface area contributed by atoms with Crippen LogP contribution in [0.3, 0.4) is 0 Å². The summed E-state index contributed by atoms with van der Waals surface area (Å²) in [4.78, 5) is 26.1. The van der Waals surface area contributed by atoms with Crippen LogP contribution in [0.2, 0.25) is 0 Å². The van der Waals surface area contributed by atoms with Gasteiger partial charge in [0.15, 0.2) is 0 Å². The number of hydrogen-bond acceptors (Lipinski definition) is 2. The number of carbonyl (C=O) groups excluding carboxylic acids is 2. The molecule has 0 spiro atoms. The summed E-state index contributed by atoms with van der Waals surface area (Å²) >= 11 is 0. The highest BCUT2D eigenvalue weighted by Crippen LogP contribution is 2.38. The van der Waals surface area contributed by atoms with Crippen molar-refractivity contribution in [2.45, 2.75) is 51.1 Å². The molecular formula is C17H21NO2. The molecule has 1 aromatic rings. The summed E-state index contributed by atoms with van der Waals surface area (Å²) in [7, 11) is 0. The van der Waals surface area contributed by atoms with E-state index in [4.69, 9.17) is 0 Å². The van der Waals surface area contributed by atoms with Gasteiger partial charge in [0.05, 0.1) is 6.04 Å². The molecule has 1 saturated carbocycles. The number of benzene rings is 1. The van der Waals surface area contributed by atoms with Gasteiger partial charge in [0, 0.05) is 25.3 Å². The van der Waals surface area contributed by atoms with Crippen LogP contribution in [0.1, 0.15) is 50.6 Å². The molecule has 1 aromatic carbocycles. The topological polar surface area (TPSA) is 37.4 Å². The van der Waals surface area contributed by atoms with E-state index in [0.29, 0.717) is 31.0 Å². The summed E-state index contributed by atoms with van der Waals surface area (Å²) < 4.78 is 0. The zero-order valence-corrected chi connectivity index (χ0v) is 11.9. The second kappa shape index (κ2) is 5.39. The third-order valence-electron chi connectivity index (χ3n) is 4.83. The van der Waals surface area contributed by atoms with Crippen molar-refractivity contribution in [3.63, 3.8) is 0 Å². The van der Waals surface area contributed by atoms with Crippen LogP contribution >= 0.6 is 0 Å². The average molecular weight is 271 g/mol. The van der Waals surface area contributed by atoms with E-state index < -0.39 is 0 Å². The Morgan fingerprint density at radius 2 is 1.85 bits per heavy atom. The fourth-order valence-electron chi connectivity index (χ4n) is 3.75. The molecule has 1 saturated heterocycles. The first kappa shape index (κ1) is 13.3. The van der Waals surface area contributed by atoms with Crippen LogP contribution in [-0.2, 0) is 9.59 Å². The highest BCUT2D eigenvalue weighted by molar-refractivity contribution is 5.82. The van der Waals surface area contributed by atoms with Crippen molar-refractivity contribution in [3.05, 3.63) is 35.9 Å². The number of carbonyl (C=O) groups is 2. The molecule has 0 bridgehead atoms. The third-order valence-corrected chi connectivity index (χ3v) is 4.83. The molecule has 1 heterocycles. The SMILES string of the molecule is C[C@H](c1ccccc1)N1C(=O)CC[C@H]2CC(=O)CC[C@H]21. The number of nitrogens with zero attached hydrogens (tertiary/aromatic N) is 1. The van der Waals surface area contributed by atoms with Crippen molar-refractivity contribution in [1.29, 1.82) is 0 Å². The number of ketones is 1. The lowest BCUT2D eigenvalue weighted by molar-refractivity contribution is -0.146. The zero-order chi connectivity index (χ0) is 14.1. The predicted octanol–water partition coefficient (Wildman–Crippen LogP) is 3.11. The minimum absolute atomic E-state index is 0.102. The number of rotatable bonds is 2. The first-order chi connectivity index (χ1) is 9.66. The normalized spacial score (nSPS) is 28.1. The Labute approximate surface area is 120 Å². The van der Waals surface area contributed by atoms with Crippen molar-refractivity contribution in [3.8, 4) is 0 Å². The molecule has 0 unspecified atom stereocenters. The van der Waals surface area contributed by atoms with Gasteiger partial charge < -0.3 is 4.90 Å². The summed E-state index contributed by atoms with van der Waals surface area (Å²) in [6.45, 7) is 2.10. The second-order valence-electron chi connectivity index (χ2n) is 6.04. The van der Waals surface area contributed by atoms with Gasteiger partial charge >= 0.3 is 0 Å². The minimum atomic E-state index is 0.102. The van der Waals surface area contributed by atoms with Crippen LogP contribution in [-0.4, -0.2) is 22.6 Å². The van der Waals surface area contributed by atoms with Crippen LogP contribution in [0.4, 0.5) is 0 Å². The van der Waals surface area contributed by atoms with E-state index in [1.165, 1.54) is 5.56 Å². The quantitative estimate of drug-likeness (QED) is 0.829. The molecule has 0 radical (unpaired) electrons. The van der Waals surface area contributed by atoms with E-state index in [-0.39, 0.29) is 18.0 Å². The summed E-state index contributed by atoms with van der Waals surface area (Å²) in [5.74, 6) is 0.991. The lowest BCUT2D eigenvalue weighted by atomic mass is 9.76. The molecule has 3 nitrogen and oxygen atoms in total. The van der Waals surface area contributed by atoms with Crippen molar-refractivity contribution in [1.82, 2.24) is 4.90 Å². The Balaban J connectivity index is 1.86. The molecule has 20 heavy (non-hydrogen) atoms. The number of Topliss-reactive ketones (excluding diaryl/α,β-unsaturated/α-hetero) is 1. The molecule has 0 N–H and O–H groups in total. The Morgan fingerprint density at radius 1 is 1.10 bits per heavy atom. The Hall–Kier alpha value is -1.64. The average Bonchev–Trinajstić information content (AvgIpc) is 2.48. The van der Waals surface area contributed by atoms with Crippen molar-refractivity contribution in [2.75, 3.05) is 0 Å². The highest BCUT2D eigenvalue weighted by Gasteiger charge is 2.41. The lowest BCUT2D eigenvalue weighted by Gasteiger charge is -2.46. The van der Waals surface area contributed by atoms with Crippen LogP contribution in [0, 0.1) is 5.92 Å². The van der Waals surface area contributed by atoms with E-state index in [1.54, 1.807) is 0 Å². The summed E-state index contributed by atoms with van der Waals surface area (Å²) in [5, 5.41) is 0. The van der Waals surface area contributed by atoms with E-state index >= 15 is 0 Å². The standard InChI is InChI=1S/C17H21NO2/c1-12(13-5-3-2-4-6-13)18-16-9-8-15(19)11-14(16)7-10-17(18)20/h2-6,12,14,16H,7-11H2,1H3/t12-,14+,16-/m1/s1. The van der Waals surface area contributed by atoms with Crippen LogP contribution in [0.5, 0.6) is 0 Å². The van der Waals surface area contributed by atoms with Gasteiger partial charge in [-0.05, 0) is 31.2 Å². The minimum Gasteiger partial charge on any atom is -0.333 e. The summed E-state index contributed by atoms with van der Waals surface area (Å²) in [6.07, 6.45) is 3.60. The van der Waals surface area contributed by atoms with Crippen LogP contribution in [0.15, 0.2) is 30.3 Å². The van der Waals surface area contributed by atoms with Crippen molar-refractivity contribution in [2.24, 2.45) is 5.92 Å². The number of likely N-dealkylation sites (tertiary alicyclic amines) is 1. The molecule has 2 fully saturated rings. The highest BCUT2D eigenvalue weighted by atomic mass is 16.2. The molecular weight excluding hydrogens is 250 g/mol. The molecule has 2 aliphatic rings. The summed E-state index contributed by atoms with van der Waals surface area (Å²) in [6, 6.07) is 10.5. The predicted molar refractivity (Wildman–Crippen MR) is 77.1 cm³/mol. The third kappa shape index (κ3) is 2.37. The molecule has 1 aliphatic heterocycles. The van der Waals surface area contributed by atoms with Gasteiger partial charge in [-0.2, -0.15) is 0 Å². The first-order valence-electron chi connectivity index (χ1n) is 7.54. The maximum Gasteiger partial charge on any atom is 0.223 e. The van der Waals surface area contributed by atoms with Gasteiger partial charge in [0.25, 0.3) is 0 Å². The smallest absolute Gasteiger partial charge is 0.223 e. The van der Waals surface area contributed by atoms with Gasteiger partial charge in [-0.25, -0.2) is 0 Å². The molecule has 3 heteroatoms. The van der Waals surface area contributed by atoms with Gasteiger partial charge in [0.2, 0.25) is 5.91 Å². The van der Waals surface area contributed by atoms with Gasteiger partial charge in [-0.15, -0.1) is 0 Å². The van der Waals surface area contributed by atoms with Crippen molar-refractivity contribution >= 4 is 11.7 Å². The van der Waals surface area contributed by atoms with Crippen LogP contribution in [0.25, 0.3) is 0 Å². The number of amides is 1. The van der Waals surface area contributed by atoms with E-state index in [1.807, 2.05) is 18.2 Å². The van der Waals surface area contributed by atoms with Crippen molar-refractivity contribution < 1.29 is 9.59 Å². The Kier molecular flexibility index (Phi) is 3.60. The molecule has 3 atom stereocenters. The van der Waals surface area contributed by atoms with E-state index in [2.05, 4.69) is 24.0 Å². The van der Waals surface area contributed by atoms with E-state index in [9.17, 15) is 9.59 Å². The molecule has 3 rings (SSSR count). The van der Waals surface area contributed by atoms with E-state index in [0.717, 1.165) is 12.8 Å². The van der Waals surface area contributed by atoms with Gasteiger partial charge in [-0.1, -0.05) is 30.3 Å². The number of hydrogen-bond donors (Lipinski definition) is 0. The molecule has 0 aromatic heterocycles. The fraction of sp³-hybridized carbons (Fsp3) is 0.529. The zero-order valence-electron chi connectivity index (χ0n) is 11.9. The molecule has 1 amide bonds. The molecule has 106 valence electrons. The van der Waals surface area contributed by atoms with Gasteiger partial charge in [-0.3, -0.25) is 9.59 Å². The first-order valence-corrected chi connectivity index (χ1v) is 7.54.